The molecule has 0 unspecified atom stereocenters. The van der Waals surface area contributed by atoms with Crippen LogP contribution in [0, 0.1) is 0 Å². The summed E-state index contributed by atoms with van der Waals surface area (Å²) in [7, 11) is 0. The standard InChI is InChI=1S/C11H10Cl3N3O3/c12-11(13,14)10(19)17-16-9(18)7-20-15-6-8-4-2-1-3-5-8/h1-6H,7H2,(H,16,18)(H,17,19). The molecular weight excluding hydrogens is 328 g/mol. The van der Waals surface area contributed by atoms with Gasteiger partial charge in [0.25, 0.3) is 15.6 Å². The molecule has 0 fully saturated rings. The molecule has 20 heavy (non-hydrogen) atoms. The highest BCUT2D eigenvalue weighted by Crippen LogP contribution is 2.25. The van der Waals surface area contributed by atoms with E-state index in [1.165, 1.54) is 6.21 Å². The first-order valence-corrected chi connectivity index (χ1v) is 6.39. The molecule has 2 N–H and O–H groups in total. The molecule has 0 saturated carbocycles. The molecule has 0 atom stereocenters. The first-order chi connectivity index (χ1) is 9.39. The van der Waals surface area contributed by atoms with E-state index in [-0.39, 0.29) is 0 Å². The minimum Gasteiger partial charge on any atom is -0.386 e. The largest absolute Gasteiger partial charge is 0.386 e. The third kappa shape index (κ3) is 6.60. The molecule has 0 aliphatic heterocycles. The zero-order chi connectivity index (χ0) is 15.0. The Morgan fingerprint density at radius 2 is 1.85 bits per heavy atom. The summed E-state index contributed by atoms with van der Waals surface area (Å²) in [6.45, 7) is -0.399. The van der Waals surface area contributed by atoms with Gasteiger partial charge in [-0.25, -0.2) is 0 Å². The van der Waals surface area contributed by atoms with Crippen LogP contribution < -0.4 is 10.9 Å². The summed E-state index contributed by atoms with van der Waals surface area (Å²) in [5.41, 5.74) is 4.73. The fraction of sp³-hybridized carbons (Fsp3) is 0.182. The molecule has 1 aromatic carbocycles. The highest BCUT2D eigenvalue weighted by molar-refractivity contribution is 6.76. The molecule has 6 nitrogen and oxygen atoms in total. The zero-order valence-corrected chi connectivity index (χ0v) is 12.2. The normalized spacial score (nSPS) is 11.2. The summed E-state index contributed by atoms with van der Waals surface area (Å²) < 4.78 is -2.15. The molecule has 1 aromatic rings. The molecule has 0 aliphatic rings. The lowest BCUT2D eigenvalue weighted by Gasteiger charge is -2.11. The summed E-state index contributed by atoms with van der Waals surface area (Å²) in [6, 6.07) is 9.15. The number of alkyl halides is 3. The molecule has 0 spiro atoms. The van der Waals surface area contributed by atoms with E-state index in [9.17, 15) is 9.59 Å². The number of oxime groups is 1. The Bertz CT molecular complexity index is 489. The predicted molar refractivity (Wildman–Crippen MR) is 76.6 cm³/mol. The van der Waals surface area contributed by atoms with Crippen molar-refractivity contribution < 1.29 is 14.4 Å². The molecule has 9 heteroatoms. The van der Waals surface area contributed by atoms with Crippen LogP contribution in [0.2, 0.25) is 0 Å². The first-order valence-electron chi connectivity index (χ1n) is 5.26. The van der Waals surface area contributed by atoms with Gasteiger partial charge in [-0.3, -0.25) is 20.4 Å². The minimum atomic E-state index is -2.15. The van der Waals surface area contributed by atoms with Gasteiger partial charge in [-0.1, -0.05) is 70.3 Å². The molecular formula is C11H10Cl3N3O3. The van der Waals surface area contributed by atoms with Crippen molar-refractivity contribution in [2.45, 2.75) is 3.79 Å². The second kappa shape index (κ2) is 7.94. The van der Waals surface area contributed by atoms with Crippen molar-refractivity contribution in [1.29, 1.82) is 0 Å². The van der Waals surface area contributed by atoms with Crippen LogP contribution >= 0.6 is 34.8 Å². The number of halogens is 3. The number of nitrogens with zero attached hydrogens (tertiary/aromatic N) is 1. The van der Waals surface area contributed by atoms with Crippen LogP contribution in [0.15, 0.2) is 35.5 Å². The van der Waals surface area contributed by atoms with Crippen LogP contribution in [-0.4, -0.2) is 28.4 Å². The lowest BCUT2D eigenvalue weighted by atomic mass is 10.2. The van der Waals surface area contributed by atoms with Gasteiger partial charge < -0.3 is 4.84 Å². The van der Waals surface area contributed by atoms with Crippen molar-refractivity contribution in [2.75, 3.05) is 6.61 Å². The Labute approximate surface area is 130 Å². The summed E-state index contributed by atoms with van der Waals surface area (Å²) in [6.07, 6.45) is 1.44. The summed E-state index contributed by atoms with van der Waals surface area (Å²) in [5.74, 6) is -1.64. The number of benzene rings is 1. The van der Waals surface area contributed by atoms with E-state index >= 15 is 0 Å². The van der Waals surface area contributed by atoms with E-state index in [2.05, 4.69) is 5.16 Å². The second-order valence-electron chi connectivity index (χ2n) is 3.42. The lowest BCUT2D eigenvalue weighted by molar-refractivity contribution is -0.131. The molecule has 108 valence electrons. The van der Waals surface area contributed by atoms with Crippen LogP contribution in [0.3, 0.4) is 0 Å². The van der Waals surface area contributed by atoms with Gasteiger partial charge in [-0.2, -0.15) is 0 Å². The van der Waals surface area contributed by atoms with Gasteiger partial charge in [-0.15, -0.1) is 0 Å². The van der Waals surface area contributed by atoms with Gasteiger partial charge in [-0.05, 0) is 5.56 Å². The Hall–Kier alpha value is -1.50. The van der Waals surface area contributed by atoms with E-state index in [4.69, 9.17) is 39.6 Å². The van der Waals surface area contributed by atoms with Crippen molar-refractivity contribution >= 4 is 52.8 Å². The maximum absolute atomic E-state index is 11.2. The molecule has 0 heterocycles. The molecule has 2 amide bonds. The van der Waals surface area contributed by atoms with Gasteiger partial charge >= 0.3 is 0 Å². The molecule has 0 bridgehead atoms. The molecule has 0 saturated heterocycles. The van der Waals surface area contributed by atoms with Gasteiger partial charge in [0.05, 0.1) is 6.21 Å². The minimum absolute atomic E-state index is 0.399. The molecule has 0 aliphatic carbocycles. The number of nitrogens with one attached hydrogen (secondary N) is 2. The van der Waals surface area contributed by atoms with E-state index in [0.717, 1.165) is 5.56 Å². The lowest BCUT2D eigenvalue weighted by Crippen LogP contribution is -2.47. The highest BCUT2D eigenvalue weighted by atomic mass is 35.6. The van der Waals surface area contributed by atoms with Crippen LogP contribution in [0.4, 0.5) is 0 Å². The topological polar surface area (TPSA) is 79.8 Å². The third-order valence-corrected chi connectivity index (χ3v) is 2.36. The number of rotatable bonds is 4. The monoisotopic (exact) mass is 337 g/mol. The van der Waals surface area contributed by atoms with E-state index in [1.54, 1.807) is 0 Å². The van der Waals surface area contributed by atoms with Crippen LogP contribution in [0.1, 0.15) is 5.56 Å². The van der Waals surface area contributed by atoms with Gasteiger partial charge in [0.15, 0.2) is 6.61 Å². The molecule has 0 radical (unpaired) electrons. The van der Waals surface area contributed by atoms with E-state index in [0.29, 0.717) is 0 Å². The fourth-order valence-electron chi connectivity index (χ4n) is 0.967. The number of hydrogen-bond acceptors (Lipinski definition) is 4. The summed E-state index contributed by atoms with van der Waals surface area (Å²) >= 11 is 15.8. The Kier molecular flexibility index (Phi) is 6.57. The average molecular weight is 339 g/mol. The van der Waals surface area contributed by atoms with Gasteiger partial charge in [0.1, 0.15) is 0 Å². The number of hydrogen-bond donors (Lipinski definition) is 2. The first kappa shape index (κ1) is 16.6. The Morgan fingerprint density at radius 1 is 1.20 bits per heavy atom. The Balaban J connectivity index is 2.24. The predicted octanol–water partition coefficient (Wildman–Crippen LogP) is 1.55. The van der Waals surface area contributed by atoms with Crippen LogP contribution in [0.25, 0.3) is 0 Å². The van der Waals surface area contributed by atoms with Crippen LogP contribution in [-0.2, 0) is 14.4 Å². The SMILES string of the molecule is O=C(CON=Cc1ccccc1)NNC(=O)C(Cl)(Cl)Cl. The smallest absolute Gasteiger partial charge is 0.290 e. The molecule has 1 rings (SSSR count). The van der Waals surface area contributed by atoms with Gasteiger partial charge in [0.2, 0.25) is 0 Å². The van der Waals surface area contributed by atoms with Crippen molar-refractivity contribution in [1.82, 2.24) is 10.9 Å². The highest BCUT2D eigenvalue weighted by Gasteiger charge is 2.30. The van der Waals surface area contributed by atoms with Crippen molar-refractivity contribution in [3.63, 3.8) is 0 Å². The Morgan fingerprint density at radius 3 is 2.45 bits per heavy atom. The number of carbonyl (C=O) groups is 2. The number of hydrazine groups is 1. The maximum atomic E-state index is 11.2. The maximum Gasteiger partial charge on any atom is 0.290 e. The van der Waals surface area contributed by atoms with E-state index < -0.39 is 22.2 Å². The van der Waals surface area contributed by atoms with Crippen molar-refractivity contribution in [3.8, 4) is 0 Å². The molecule has 0 aromatic heterocycles. The summed E-state index contributed by atoms with van der Waals surface area (Å²) in [5, 5.41) is 3.58. The van der Waals surface area contributed by atoms with Gasteiger partial charge in [0, 0.05) is 0 Å². The fourth-order valence-corrected chi connectivity index (χ4v) is 1.11. The number of carbonyl (C=O) groups excluding carboxylic acids is 2. The average Bonchev–Trinajstić information content (AvgIpc) is 2.41. The summed E-state index contributed by atoms with van der Waals surface area (Å²) in [4.78, 5) is 27.0. The zero-order valence-electron chi connectivity index (χ0n) is 9.98. The quantitative estimate of drug-likeness (QED) is 0.497. The third-order valence-electron chi connectivity index (χ3n) is 1.84. The van der Waals surface area contributed by atoms with Crippen molar-refractivity contribution in [3.05, 3.63) is 35.9 Å². The van der Waals surface area contributed by atoms with E-state index in [1.807, 2.05) is 41.2 Å². The second-order valence-corrected chi connectivity index (χ2v) is 5.70. The van der Waals surface area contributed by atoms with Crippen LogP contribution in [0.5, 0.6) is 0 Å². The van der Waals surface area contributed by atoms with Crippen molar-refractivity contribution in [2.24, 2.45) is 5.16 Å². The number of amides is 2.